The molecule has 1 aromatic heterocycles. The van der Waals surface area contributed by atoms with E-state index in [1.165, 1.54) is 136 Å². The van der Waals surface area contributed by atoms with Gasteiger partial charge in [0.1, 0.15) is 0 Å². The van der Waals surface area contributed by atoms with Gasteiger partial charge in [-0.15, -0.1) is 11.3 Å². The molecule has 0 amide bonds. The fourth-order valence-electron chi connectivity index (χ4n) is 12.7. The smallest absolute Gasteiger partial charge is 0.254 e. The summed E-state index contributed by atoms with van der Waals surface area (Å²) in [6.45, 7) is 41.3. The van der Waals surface area contributed by atoms with Crippen molar-refractivity contribution >= 4 is 78.0 Å². The van der Waals surface area contributed by atoms with Gasteiger partial charge >= 0.3 is 0 Å². The Morgan fingerprint density at radius 3 is 1.51 bits per heavy atom. The monoisotopic (exact) mass is 941 g/mol. The van der Waals surface area contributed by atoms with Gasteiger partial charge in [-0.2, -0.15) is 0 Å². The normalized spacial score (nSPS) is 18.5. The molecular formula is C66H77BN2S. The fourth-order valence-corrected chi connectivity index (χ4v) is 14.0. The summed E-state index contributed by atoms with van der Waals surface area (Å²) in [6, 6.07) is 44.1. The van der Waals surface area contributed by atoms with Crippen molar-refractivity contribution in [3.05, 3.63) is 148 Å². The second-order valence-corrected chi connectivity index (χ2v) is 28.7. The minimum absolute atomic E-state index is 0.0220. The second kappa shape index (κ2) is 15.2. The Morgan fingerprint density at radius 1 is 0.429 bits per heavy atom. The van der Waals surface area contributed by atoms with Crippen molar-refractivity contribution < 1.29 is 0 Å². The van der Waals surface area contributed by atoms with E-state index >= 15 is 0 Å². The predicted octanol–water partition coefficient (Wildman–Crippen LogP) is 17.2. The summed E-state index contributed by atoms with van der Waals surface area (Å²) in [4.78, 5) is 5.44. The molecular weight excluding hydrogens is 864 g/mol. The Kier molecular flexibility index (Phi) is 10.3. The largest absolute Gasteiger partial charge is 0.311 e. The van der Waals surface area contributed by atoms with Crippen LogP contribution in [-0.2, 0) is 37.9 Å². The molecule has 360 valence electrons. The van der Waals surface area contributed by atoms with Crippen LogP contribution >= 0.6 is 11.3 Å². The van der Waals surface area contributed by atoms with Crippen molar-refractivity contribution in [3.63, 3.8) is 0 Å². The molecule has 0 fully saturated rings. The molecule has 2 nitrogen and oxygen atoms in total. The third-order valence-corrected chi connectivity index (χ3v) is 18.8. The molecule has 0 N–H and O–H groups in total. The maximum Gasteiger partial charge on any atom is 0.254 e. The van der Waals surface area contributed by atoms with Gasteiger partial charge < -0.3 is 9.80 Å². The van der Waals surface area contributed by atoms with E-state index in [9.17, 15) is 0 Å². The standard InChI is InChI=1S/C66H77BN2S/c1-60(2,3)42-32-43(61(4,5)6)34-46(33-42)68-53-31-41(40-21-19-18-20-22-40)23-26-52(53)67-57-47-38-50-51(66(16,17)30-29-65(50,14)15)39-56(47)70-59(57)69(55-36-44(62(7,8)9)35-54(68)58(55)67)45-24-25-48-49(37-45)64(12,13)28-27-63(48,10)11/h18-26,31-39H,27-30H2,1-17H3. The predicted molar refractivity (Wildman–Crippen MR) is 308 cm³/mol. The zero-order valence-electron chi connectivity index (χ0n) is 45.6. The van der Waals surface area contributed by atoms with Gasteiger partial charge in [-0.25, -0.2) is 0 Å². The Hall–Kier alpha value is -5.06. The second-order valence-electron chi connectivity index (χ2n) is 27.7. The van der Waals surface area contributed by atoms with E-state index in [4.69, 9.17) is 0 Å². The van der Waals surface area contributed by atoms with Gasteiger partial charge in [0.15, 0.2) is 0 Å². The van der Waals surface area contributed by atoms with Gasteiger partial charge in [0.05, 0.1) is 5.00 Å². The van der Waals surface area contributed by atoms with E-state index in [1.54, 1.807) is 0 Å². The van der Waals surface area contributed by atoms with Crippen LogP contribution in [0.5, 0.6) is 0 Å². The minimum Gasteiger partial charge on any atom is -0.311 e. The number of fused-ring (bicyclic) bond motifs is 8. The van der Waals surface area contributed by atoms with E-state index < -0.39 is 0 Å². The molecule has 70 heavy (non-hydrogen) atoms. The Morgan fingerprint density at radius 2 is 0.943 bits per heavy atom. The van der Waals surface area contributed by atoms with Crippen LogP contribution in [0, 0.1) is 0 Å². The van der Waals surface area contributed by atoms with Crippen molar-refractivity contribution in [3.8, 4) is 11.1 Å². The van der Waals surface area contributed by atoms with Crippen LogP contribution in [0.4, 0.5) is 33.4 Å². The van der Waals surface area contributed by atoms with E-state index in [1.807, 2.05) is 11.3 Å². The van der Waals surface area contributed by atoms with E-state index in [0.717, 1.165) is 0 Å². The van der Waals surface area contributed by atoms with Crippen molar-refractivity contribution in [1.82, 2.24) is 0 Å². The highest BCUT2D eigenvalue weighted by atomic mass is 32.1. The summed E-state index contributed by atoms with van der Waals surface area (Å²) in [5.41, 5.74) is 23.4. The average molecular weight is 941 g/mol. The molecule has 0 unspecified atom stereocenters. The van der Waals surface area contributed by atoms with Crippen molar-refractivity contribution in [1.29, 1.82) is 0 Å². The summed E-state index contributed by atoms with van der Waals surface area (Å²) in [5, 5.41) is 2.79. The molecule has 4 aliphatic rings. The average Bonchev–Trinajstić information content (AvgIpc) is 3.66. The fraction of sp³-hybridized carbons (Fsp3) is 0.424. The summed E-state index contributed by atoms with van der Waals surface area (Å²) in [7, 11) is 0. The van der Waals surface area contributed by atoms with E-state index in [-0.39, 0.29) is 44.6 Å². The van der Waals surface area contributed by atoms with Crippen LogP contribution in [0.15, 0.2) is 109 Å². The van der Waals surface area contributed by atoms with Crippen LogP contribution in [0.2, 0.25) is 0 Å². The first kappa shape index (κ1) is 47.3. The highest BCUT2D eigenvalue weighted by molar-refractivity contribution is 7.26. The lowest BCUT2D eigenvalue weighted by molar-refractivity contribution is 0.332. The summed E-state index contributed by atoms with van der Waals surface area (Å²) in [6.07, 6.45) is 4.77. The lowest BCUT2D eigenvalue weighted by Crippen LogP contribution is -2.61. The number of rotatable bonds is 3. The number of thiophene rings is 1. The third kappa shape index (κ3) is 7.38. The molecule has 2 aliphatic heterocycles. The molecule has 3 heterocycles. The molecule has 2 aliphatic carbocycles. The van der Waals surface area contributed by atoms with E-state index in [0.29, 0.717) is 0 Å². The number of nitrogens with zero attached hydrogens (tertiary/aromatic N) is 2. The van der Waals surface area contributed by atoms with Crippen LogP contribution in [0.1, 0.15) is 182 Å². The molecule has 6 aromatic carbocycles. The van der Waals surface area contributed by atoms with Gasteiger partial charge in [-0.1, -0.05) is 172 Å². The molecule has 0 saturated carbocycles. The number of hydrogen-bond donors (Lipinski definition) is 0. The summed E-state index contributed by atoms with van der Waals surface area (Å²) >= 11 is 2.03. The molecule has 0 atom stereocenters. The SMILES string of the molecule is CC(C)(C)c1cc(N2c3cc(-c4ccccc4)ccc3B3c4c2cc(C(C)(C)C)cc4N(c2ccc4c(c2)C(C)(C)CCC4(C)C)c2sc4cc5c(cc4c23)C(C)(C)CCC5(C)C)cc(C(C)(C)C)c1. The molecule has 7 aromatic rings. The summed E-state index contributed by atoms with van der Waals surface area (Å²) < 4.78 is 1.40. The quantitative estimate of drug-likeness (QED) is 0.163. The first-order chi connectivity index (χ1) is 32.5. The van der Waals surface area contributed by atoms with Crippen LogP contribution in [-0.4, -0.2) is 6.71 Å². The van der Waals surface area contributed by atoms with Crippen molar-refractivity contribution in [2.45, 2.75) is 181 Å². The van der Waals surface area contributed by atoms with Crippen molar-refractivity contribution in [2.24, 2.45) is 0 Å². The Bertz CT molecular complexity index is 3250. The molecule has 11 rings (SSSR count). The number of anilines is 6. The lowest BCUT2D eigenvalue weighted by Gasteiger charge is -2.45. The van der Waals surface area contributed by atoms with Gasteiger partial charge in [0.25, 0.3) is 6.71 Å². The molecule has 0 bridgehead atoms. The van der Waals surface area contributed by atoms with Crippen LogP contribution in [0.25, 0.3) is 21.2 Å². The Labute approximate surface area is 426 Å². The first-order valence-corrected chi connectivity index (χ1v) is 27.3. The maximum atomic E-state index is 2.74. The van der Waals surface area contributed by atoms with Gasteiger partial charge in [-0.05, 0) is 190 Å². The molecule has 0 spiro atoms. The minimum atomic E-state index is -0.118. The van der Waals surface area contributed by atoms with Gasteiger partial charge in [0.2, 0.25) is 0 Å². The van der Waals surface area contributed by atoms with Gasteiger partial charge in [0, 0.05) is 33.1 Å². The highest BCUT2D eigenvalue weighted by Crippen LogP contribution is 2.55. The zero-order valence-corrected chi connectivity index (χ0v) is 46.4. The van der Waals surface area contributed by atoms with Crippen LogP contribution < -0.4 is 26.2 Å². The topological polar surface area (TPSA) is 6.48 Å². The number of benzene rings is 6. The maximum absolute atomic E-state index is 2.74. The Balaban J connectivity index is 1.31. The molecule has 0 saturated heterocycles. The van der Waals surface area contributed by atoms with Crippen LogP contribution in [0.3, 0.4) is 0 Å². The molecule has 0 radical (unpaired) electrons. The molecule has 4 heteroatoms. The highest BCUT2D eigenvalue weighted by Gasteiger charge is 2.48. The summed E-state index contributed by atoms with van der Waals surface area (Å²) in [5.74, 6) is 0. The number of hydrogen-bond acceptors (Lipinski definition) is 3. The first-order valence-electron chi connectivity index (χ1n) is 26.5. The lowest BCUT2D eigenvalue weighted by atomic mass is 9.33. The van der Waals surface area contributed by atoms with Gasteiger partial charge in [-0.3, -0.25) is 0 Å². The van der Waals surface area contributed by atoms with Crippen molar-refractivity contribution in [2.75, 3.05) is 9.80 Å². The zero-order chi connectivity index (χ0) is 50.0. The van der Waals surface area contributed by atoms with E-state index in [2.05, 4.69) is 237 Å². The third-order valence-electron chi connectivity index (χ3n) is 17.6.